The van der Waals surface area contributed by atoms with Crippen molar-refractivity contribution in [3.05, 3.63) is 200 Å². The molecule has 0 aliphatic heterocycles. The first-order valence-corrected chi connectivity index (χ1v) is 18.3. The first-order chi connectivity index (χ1) is 26.3. The van der Waals surface area contributed by atoms with Crippen LogP contribution in [-0.4, -0.2) is 4.57 Å². The van der Waals surface area contributed by atoms with E-state index in [1.54, 1.807) is 0 Å². The molecule has 0 spiro atoms. The highest BCUT2D eigenvalue weighted by molar-refractivity contribution is 6.27. The lowest BCUT2D eigenvalue weighted by Gasteiger charge is -2.18. The zero-order chi connectivity index (χ0) is 34.9. The van der Waals surface area contributed by atoms with Crippen LogP contribution in [0.1, 0.15) is 0 Å². The third kappa shape index (κ3) is 4.71. The van der Waals surface area contributed by atoms with Crippen molar-refractivity contribution < 1.29 is 0 Å². The van der Waals surface area contributed by atoms with Crippen molar-refractivity contribution in [2.24, 2.45) is 0 Å². The van der Waals surface area contributed by atoms with E-state index in [0.717, 1.165) is 0 Å². The molecule has 0 bridgehead atoms. The molecule has 11 rings (SSSR count). The van der Waals surface area contributed by atoms with E-state index in [9.17, 15) is 0 Å². The zero-order valence-electron chi connectivity index (χ0n) is 29.0. The van der Waals surface area contributed by atoms with Crippen LogP contribution >= 0.6 is 0 Å². The molecule has 0 aliphatic carbocycles. The molecule has 0 aliphatic rings. The van der Waals surface area contributed by atoms with E-state index >= 15 is 0 Å². The standard InChI is InChI=1S/C52H33N/c1-3-11-34(12-4-1)39-31-40(35-13-5-2-6-14-35)33-41(32-39)44-28-22-38-23-29-47-43(27-21-37-24-30-48(44)52(38)51(37)47)36-19-25-42(26-20-36)53-49-17-9-7-15-45(49)46-16-8-10-18-50(46)53/h1-33H. The normalized spacial score (nSPS) is 11.8. The van der Waals surface area contributed by atoms with Gasteiger partial charge in [-0.15, -0.1) is 0 Å². The Bertz CT molecular complexity index is 3020. The predicted molar refractivity (Wildman–Crippen MR) is 226 cm³/mol. The molecule has 10 aromatic carbocycles. The van der Waals surface area contributed by atoms with Crippen molar-refractivity contribution in [2.45, 2.75) is 0 Å². The summed E-state index contributed by atoms with van der Waals surface area (Å²) in [7, 11) is 0. The van der Waals surface area contributed by atoms with E-state index in [4.69, 9.17) is 0 Å². The molecule has 0 atom stereocenters. The summed E-state index contributed by atoms with van der Waals surface area (Å²) < 4.78 is 2.39. The van der Waals surface area contributed by atoms with Gasteiger partial charge >= 0.3 is 0 Å². The van der Waals surface area contributed by atoms with Gasteiger partial charge in [-0.2, -0.15) is 0 Å². The summed E-state index contributed by atoms with van der Waals surface area (Å²) >= 11 is 0. The molecule has 0 N–H and O–H groups in total. The first-order valence-electron chi connectivity index (χ1n) is 18.3. The van der Waals surface area contributed by atoms with Crippen molar-refractivity contribution in [2.75, 3.05) is 0 Å². The summed E-state index contributed by atoms with van der Waals surface area (Å²) in [5.41, 5.74) is 13.5. The second kappa shape index (κ2) is 11.8. The number of fused-ring (bicyclic) bond motifs is 3. The summed E-state index contributed by atoms with van der Waals surface area (Å²) in [5.74, 6) is 0. The molecule has 11 aromatic rings. The quantitative estimate of drug-likeness (QED) is 0.161. The fourth-order valence-electron chi connectivity index (χ4n) is 8.67. The van der Waals surface area contributed by atoms with Crippen molar-refractivity contribution in [1.29, 1.82) is 0 Å². The SMILES string of the molecule is c1ccc(-c2cc(-c3ccccc3)cc(-c3ccc4ccc5c(-c6ccc(-n7c8ccccc8c8ccccc87)cc6)ccc6ccc3c4c65)c2)cc1. The van der Waals surface area contributed by atoms with E-state index in [1.807, 2.05) is 0 Å². The Morgan fingerprint density at radius 3 is 1.23 bits per heavy atom. The summed E-state index contributed by atoms with van der Waals surface area (Å²) in [5, 5.41) is 10.3. The second-order valence-corrected chi connectivity index (χ2v) is 14.1. The second-order valence-electron chi connectivity index (χ2n) is 14.1. The molecule has 0 amide bonds. The molecule has 0 radical (unpaired) electrons. The Labute approximate surface area is 308 Å². The van der Waals surface area contributed by atoms with Gasteiger partial charge in [-0.3, -0.25) is 0 Å². The largest absolute Gasteiger partial charge is 0.309 e. The molecule has 0 saturated heterocycles. The molecule has 53 heavy (non-hydrogen) atoms. The monoisotopic (exact) mass is 671 g/mol. The van der Waals surface area contributed by atoms with Gasteiger partial charge in [-0.1, -0.05) is 158 Å². The highest BCUT2D eigenvalue weighted by Gasteiger charge is 2.17. The number of hydrogen-bond acceptors (Lipinski definition) is 0. The van der Waals surface area contributed by atoms with Gasteiger partial charge in [-0.25, -0.2) is 0 Å². The fourth-order valence-corrected chi connectivity index (χ4v) is 8.67. The van der Waals surface area contributed by atoms with Crippen molar-refractivity contribution >= 4 is 54.1 Å². The Balaban J connectivity index is 1.08. The van der Waals surface area contributed by atoms with E-state index in [0.29, 0.717) is 0 Å². The van der Waals surface area contributed by atoms with Crippen LogP contribution < -0.4 is 0 Å². The maximum Gasteiger partial charge on any atom is 0.0541 e. The van der Waals surface area contributed by atoms with Gasteiger partial charge in [0.05, 0.1) is 11.0 Å². The zero-order valence-corrected chi connectivity index (χ0v) is 29.0. The third-order valence-corrected chi connectivity index (χ3v) is 11.1. The first kappa shape index (κ1) is 29.7. The average molecular weight is 672 g/mol. The van der Waals surface area contributed by atoms with Crippen molar-refractivity contribution in [1.82, 2.24) is 4.57 Å². The lowest BCUT2D eigenvalue weighted by Crippen LogP contribution is -1.94. The average Bonchev–Trinajstić information content (AvgIpc) is 3.57. The summed E-state index contributed by atoms with van der Waals surface area (Å²) in [6.45, 7) is 0. The van der Waals surface area contributed by atoms with Crippen LogP contribution in [-0.2, 0) is 0 Å². The van der Waals surface area contributed by atoms with Crippen LogP contribution in [0, 0.1) is 0 Å². The Kier molecular flexibility index (Phi) is 6.62. The molecule has 0 fully saturated rings. The topological polar surface area (TPSA) is 4.93 Å². The minimum atomic E-state index is 1.17. The molecule has 1 aromatic heterocycles. The van der Waals surface area contributed by atoms with Crippen LogP contribution in [0.25, 0.3) is 104 Å². The maximum atomic E-state index is 2.39. The summed E-state index contributed by atoms with van der Waals surface area (Å²) in [6, 6.07) is 73.5. The van der Waals surface area contributed by atoms with E-state index in [1.165, 1.54) is 104 Å². The molecule has 1 heterocycles. The Morgan fingerprint density at radius 1 is 0.264 bits per heavy atom. The number of hydrogen-bond donors (Lipinski definition) is 0. The Hall–Kier alpha value is -6.96. The molecule has 1 heteroatoms. The number of aromatic nitrogens is 1. The lowest BCUT2D eigenvalue weighted by molar-refractivity contribution is 1.18. The fraction of sp³-hybridized carbons (Fsp3) is 0. The molecule has 0 unspecified atom stereocenters. The lowest BCUT2D eigenvalue weighted by atomic mass is 9.86. The number of nitrogens with zero attached hydrogens (tertiary/aromatic N) is 1. The number of benzene rings is 10. The van der Waals surface area contributed by atoms with E-state index in [-0.39, 0.29) is 0 Å². The molecular formula is C52H33N. The molecule has 246 valence electrons. The van der Waals surface area contributed by atoms with Gasteiger partial charge < -0.3 is 4.57 Å². The highest BCUT2D eigenvalue weighted by atomic mass is 15.0. The van der Waals surface area contributed by atoms with Crippen LogP contribution in [0.5, 0.6) is 0 Å². The minimum Gasteiger partial charge on any atom is -0.309 e. The van der Waals surface area contributed by atoms with Crippen LogP contribution in [0.2, 0.25) is 0 Å². The van der Waals surface area contributed by atoms with Crippen LogP contribution in [0.3, 0.4) is 0 Å². The van der Waals surface area contributed by atoms with Gasteiger partial charge in [0.1, 0.15) is 0 Å². The smallest absolute Gasteiger partial charge is 0.0541 e. The van der Waals surface area contributed by atoms with Gasteiger partial charge in [-0.05, 0) is 119 Å². The van der Waals surface area contributed by atoms with Gasteiger partial charge in [0.2, 0.25) is 0 Å². The number of rotatable bonds is 5. The van der Waals surface area contributed by atoms with Gasteiger partial charge in [0.15, 0.2) is 0 Å². The van der Waals surface area contributed by atoms with Gasteiger partial charge in [0, 0.05) is 16.5 Å². The third-order valence-electron chi connectivity index (χ3n) is 11.1. The molecule has 1 nitrogen and oxygen atoms in total. The number of para-hydroxylation sites is 2. The predicted octanol–water partition coefficient (Wildman–Crippen LogP) is 14.3. The van der Waals surface area contributed by atoms with Crippen LogP contribution in [0.15, 0.2) is 200 Å². The Morgan fingerprint density at radius 2 is 0.698 bits per heavy atom. The summed E-state index contributed by atoms with van der Waals surface area (Å²) in [4.78, 5) is 0. The molecule has 0 saturated carbocycles. The molecular weight excluding hydrogens is 639 g/mol. The van der Waals surface area contributed by atoms with Crippen molar-refractivity contribution in [3.8, 4) is 50.2 Å². The van der Waals surface area contributed by atoms with Gasteiger partial charge in [0.25, 0.3) is 0 Å². The van der Waals surface area contributed by atoms with E-state index < -0.39 is 0 Å². The maximum absolute atomic E-state index is 2.39. The summed E-state index contributed by atoms with van der Waals surface area (Å²) in [6.07, 6.45) is 0. The van der Waals surface area contributed by atoms with E-state index in [2.05, 4.69) is 205 Å². The van der Waals surface area contributed by atoms with Crippen LogP contribution in [0.4, 0.5) is 0 Å². The van der Waals surface area contributed by atoms with Crippen molar-refractivity contribution in [3.63, 3.8) is 0 Å². The highest BCUT2D eigenvalue weighted by Crippen LogP contribution is 2.44. The minimum absolute atomic E-state index is 1.17.